The molecule has 0 bridgehead atoms. The number of benzene rings is 2. The number of rotatable bonds is 6. The van der Waals surface area contributed by atoms with E-state index in [1.54, 1.807) is 0 Å². The van der Waals surface area contributed by atoms with E-state index in [4.69, 9.17) is 5.73 Å². The molecule has 1 aliphatic rings. The Kier molecular flexibility index (Phi) is 4.37. The lowest BCUT2D eigenvalue weighted by Crippen LogP contribution is -2.35. The van der Waals surface area contributed by atoms with Crippen LogP contribution in [0.2, 0.25) is 0 Å². The summed E-state index contributed by atoms with van der Waals surface area (Å²) < 4.78 is 0. The van der Waals surface area contributed by atoms with Gasteiger partial charge in [0.15, 0.2) is 0 Å². The summed E-state index contributed by atoms with van der Waals surface area (Å²) in [5, 5.41) is 0. The molecule has 0 amide bonds. The van der Waals surface area contributed by atoms with E-state index in [0.29, 0.717) is 18.6 Å². The normalized spacial score (nSPS) is 16.1. The van der Waals surface area contributed by atoms with Gasteiger partial charge in [-0.2, -0.15) is 0 Å². The molecule has 0 spiro atoms. The maximum atomic E-state index is 6.15. The van der Waals surface area contributed by atoms with Crippen LogP contribution >= 0.6 is 0 Å². The summed E-state index contributed by atoms with van der Waals surface area (Å²) in [6, 6.07) is 20.4. The Morgan fingerprint density at radius 3 is 2.33 bits per heavy atom. The Bertz CT molecular complexity index is 575. The molecule has 1 fully saturated rings. The number of hydrogen-bond acceptors (Lipinski definition) is 2. The fourth-order valence-corrected chi connectivity index (χ4v) is 3.10. The van der Waals surface area contributed by atoms with E-state index in [0.717, 1.165) is 6.54 Å². The lowest BCUT2D eigenvalue weighted by molar-refractivity contribution is 0.181. The minimum absolute atomic E-state index is 0.318. The standard InChI is InChI=1S/C19H24N2/c1-15-7-5-6-10-18(15)19(13-20)21(17-11-12-17)14-16-8-3-2-4-9-16/h2-10,17,19H,11-14,20H2,1H3. The molecule has 0 aromatic heterocycles. The van der Waals surface area contributed by atoms with Crippen LogP contribution in [0.4, 0.5) is 0 Å². The van der Waals surface area contributed by atoms with E-state index in [9.17, 15) is 0 Å². The molecule has 1 unspecified atom stereocenters. The van der Waals surface area contributed by atoms with Crippen LogP contribution in [0.15, 0.2) is 54.6 Å². The van der Waals surface area contributed by atoms with Gasteiger partial charge < -0.3 is 5.73 Å². The Hall–Kier alpha value is -1.64. The Morgan fingerprint density at radius 1 is 1.05 bits per heavy atom. The van der Waals surface area contributed by atoms with Crippen molar-refractivity contribution in [3.05, 3.63) is 71.3 Å². The third-order valence-corrected chi connectivity index (χ3v) is 4.39. The first-order valence-corrected chi connectivity index (χ1v) is 7.85. The van der Waals surface area contributed by atoms with Crippen molar-refractivity contribution in [1.82, 2.24) is 4.90 Å². The van der Waals surface area contributed by atoms with Gasteiger partial charge >= 0.3 is 0 Å². The number of hydrogen-bond donors (Lipinski definition) is 1. The Labute approximate surface area is 127 Å². The summed E-state index contributed by atoms with van der Waals surface area (Å²) in [6.45, 7) is 3.85. The molecule has 0 heterocycles. The highest BCUT2D eigenvalue weighted by Gasteiger charge is 2.34. The average molecular weight is 280 g/mol. The van der Waals surface area contributed by atoms with Crippen LogP contribution in [-0.2, 0) is 6.54 Å². The molecule has 2 aromatic rings. The first kappa shape index (κ1) is 14.3. The Balaban J connectivity index is 1.86. The van der Waals surface area contributed by atoms with Gasteiger partial charge in [0, 0.05) is 25.2 Å². The molecule has 0 saturated heterocycles. The van der Waals surface area contributed by atoms with Crippen LogP contribution in [0.1, 0.15) is 35.6 Å². The molecule has 0 radical (unpaired) electrons. The average Bonchev–Trinajstić information content (AvgIpc) is 3.34. The van der Waals surface area contributed by atoms with Crippen molar-refractivity contribution in [2.24, 2.45) is 5.73 Å². The predicted octanol–water partition coefficient (Wildman–Crippen LogP) is 3.66. The Morgan fingerprint density at radius 2 is 1.71 bits per heavy atom. The minimum atomic E-state index is 0.318. The van der Waals surface area contributed by atoms with Crippen molar-refractivity contribution in [1.29, 1.82) is 0 Å². The highest BCUT2D eigenvalue weighted by Crippen LogP contribution is 2.36. The fourth-order valence-electron chi connectivity index (χ4n) is 3.10. The van der Waals surface area contributed by atoms with Crippen LogP contribution in [0, 0.1) is 6.92 Å². The second-order valence-corrected chi connectivity index (χ2v) is 6.00. The van der Waals surface area contributed by atoms with E-state index < -0.39 is 0 Å². The maximum absolute atomic E-state index is 6.15. The molecule has 2 heteroatoms. The van der Waals surface area contributed by atoms with Gasteiger partial charge in [-0.05, 0) is 36.5 Å². The molecule has 2 aromatic carbocycles. The highest BCUT2D eigenvalue weighted by atomic mass is 15.2. The number of nitrogens with two attached hydrogens (primary N) is 1. The van der Waals surface area contributed by atoms with Gasteiger partial charge in [0.25, 0.3) is 0 Å². The molecule has 1 atom stereocenters. The number of aryl methyl sites for hydroxylation is 1. The molecule has 2 nitrogen and oxygen atoms in total. The summed E-state index contributed by atoms with van der Waals surface area (Å²) in [7, 11) is 0. The minimum Gasteiger partial charge on any atom is -0.329 e. The molecule has 1 aliphatic carbocycles. The zero-order valence-electron chi connectivity index (χ0n) is 12.7. The van der Waals surface area contributed by atoms with Gasteiger partial charge in [-0.3, -0.25) is 4.90 Å². The first-order chi connectivity index (χ1) is 10.3. The second kappa shape index (κ2) is 6.42. The van der Waals surface area contributed by atoms with Crippen LogP contribution in [0.3, 0.4) is 0 Å². The monoisotopic (exact) mass is 280 g/mol. The van der Waals surface area contributed by atoms with Gasteiger partial charge in [-0.15, -0.1) is 0 Å². The van der Waals surface area contributed by atoms with E-state index in [-0.39, 0.29) is 0 Å². The van der Waals surface area contributed by atoms with Crippen LogP contribution in [0.25, 0.3) is 0 Å². The summed E-state index contributed by atoms with van der Waals surface area (Å²) in [5.41, 5.74) is 10.2. The zero-order valence-corrected chi connectivity index (χ0v) is 12.7. The van der Waals surface area contributed by atoms with Gasteiger partial charge in [0.1, 0.15) is 0 Å². The van der Waals surface area contributed by atoms with Crippen molar-refractivity contribution in [3.63, 3.8) is 0 Å². The molecule has 3 rings (SSSR count). The first-order valence-electron chi connectivity index (χ1n) is 7.85. The molecule has 0 aliphatic heterocycles. The SMILES string of the molecule is Cc1ccccc1C(CN)N(Cc1ccccc1)C1CC1. The van der Waals surface area contributed by atoms with Gasteiger partial charge in [0.2, 0.25) is 0 Å². The smallest absolute Gasteiger partial charge is 0.0479 e. The van der Waals surface area contributed by atoms with Crippen molar-refractivity contribution < 1.29 is 0 Å². The summed E-state index contributed by atoms with van der Waals surface area (Å²) in [5.74, 6) is 0. The fraction of sp³-hybridized carbons (Fsp3) is 0.368. The molecular weight excluding hydrogens is 256 g/mol. The van der Waals surface area contributed by atoms with Gasteiger partial charge in [0.05, 0.1) is 0 Å². The van der Waals surface area contributed by atoms with Crippen LogP contribution < -0.4 is 5.73 Å². The third-order valence-electron chi connectivity index (χ3n) is 4.39. The largest absolute Gasteiger partial charge is 0.329 e. The van der Waals surface area contributed by atoms with Crippen LogP contribution in [0.5, 0.6) is 0 Å². The summed E-state index contributed by atoms with van der Waals surface area (Å²) in [6.07, 6.45) is 2.60. The van der Waals surface area contributed by atoms with Gasteiger partial charge in [-0.1, -0.05) is 54.6 Å². The van der Waals surface area contributed by atoms with Crippen molar-refractivity contribution >= 4 is 0 Å². The highest BCUT2D eigenvalue weighted by molar-refractivity contribution is 5.30. The van der Waals surface area contributed by atoms with Crippen LogP contribution in [-0.4, -0.2) is 17.5 Å². The lowest BCUT2D eigenvalue weighted by atomic mass is 9.99. The second-order valence-electron chi connectivity index (χ2n) is 6.00. The zero-order chi connectivity index (χ0) is 14.7. The maximum Gasteiger partial charge on any atom is 0.0479 e. The van der Waals surface area contributed by atoms with Crippen molar-refractivity contribution in [3.8, 4) is 0 Å². The third kappa shape index (κ3) is 3.34. The summed E-state index contributed by atoms with van der Waals surface area (Å²) >= 11 is 0. The topological polar surface area (TPSA) is 29.3 Å². The van der Waals surface area contributed by atoms with Crippen molar-refractivity contribution in [2.45, 2.75) is 38.4 Å². The van der Waals surface area contributed by atoms with E-state index in [2.05, 4.69) is 66.4 Å². The lowest BCUT2D eigenvalue weighted by Gasteiger charge is -2.32. The predicted molar refractivity (Wildman–Crippen MR) is 88.0 cm³/mol. The molecule has 110 valence electrons. The van der Waals surface area contributed by atoms with E-state index in [1.807, 2.05) is 0 Å². The quantitative estimate of drug-likeness (QED) is 0.875. The van der Waals surface area contributed by atoms with Crippen molar-refractivity contribution in [2.75, 3.05) is 6.54 Å². The van der Waals surface area contributed by atoms with Gasteiger partial charge in [-0.25, -0.2) is 0 Å². The molecule has 21 heavy (non-hydrogen) atoms. The molecule has 1 saturated carbocycles. The van der Waals surface area contributed by atoms with E-state index in [1.165, 1.54) is 29.5 Å². The number of nitrogens with zero attached hydrogens (tertiary/aromatic N) is 1. The molecular formula is C19H24N2. The molecule has 2 N–H and O–H groups in total. The van der Waals surface area contributed by atoms with E-state index >= 15 is 0 Å². The summed E-state index contributed by atoms with van der Waals surface area (Å²) in [4.78, 5) is 2.59.